The number of fused-ring (bicyclic) bond motifs is 1. The highest BCUT2D eigenvalue weighted by molar-refractivity contribution is 5.96. The van der Waals surface area contributed by atoms with Crippen LogP contribution in [0.1, 0.15) is 12.8 Å². The summed E-state index contributed by atoms with van der Waals surface area (Å²) in [7, 11) is 0. The standard InChI is InChI=1S/C22H25N3O3/c26-21-23-16-22(25(21)17-6-2-1-3-7-17)10-12-24(13-11-22)14-18-15-27-19-8-4-5-9-20(19)28-18/h1-9,18H,10-16H2,(H,23,26). The summed E-state index contributed by atoms with van der Waals surface area (Å²) in [5, 5.41) is 3.06. The number of likely N-dealkylation sites (tertiary alicyclic amines) is 1. The largest absolute Gasteiger partial charge is 0.486 e. The van der Waals surface area contributed by atoms with Crippen LogP contribution >= 0.6 is 0 Å². The van der Waals surface area contributed by atoms with E-state index in [4.69, 9.17) is 9.47 Å². The minimum Gasteiger partial charge on any atom is -0.486 e. The van der Waals surface area contributed by atoms with E-state index >= 15 is 0 Å². The van der Waals surface area contributed by atoms with Crippen molar-refractivity contribution < 1.29 is 14.3 Å². The zero-order valence-corrected chi connectivity index (χ0v) is 15.8. The number of nitrogens with one attached hydrogen (secondary N) is 1. The van der Waals surface area contributed by atoms with Crippen LogP contribution in [0.25, 0.3) is 0 Å². The Labute approximate surface area is 165 Å². The molecule has 1 N–H and O–H groups in total. The van der Waals surface area contributed by atoms with Crippen LogP contribution in [0.3, 0.4) is 0 Å². The Bertz CT molecular complexity index is 849. The van der Waals surface area contributed by atoms with Crippen LogP contribution in [0.4, 0.5) is 10.5 Å². The van der Waals surface area contributed by atoms with Gasteiger partial charge in [0.1, 0.15) is 12.7 Å². The van der Waals surface area contributed by atoms with Crippen LogP contribution in [0.2, 0.25) is 0 Å². The van der Waals surface area contributed by atoms with Crippen LogP contribution in [-0.2, 0) is 0 Å². The van der Waals surface area contributed by atoms with E-state index in [-0.39, 0.29) is 17.7 Å². The van der Waals surface area contributed by atoms with Crippen molar-refractivity contribution in [3.05, 3.63) is 54.6 Å². The third-order valence-electron chi connectivity index (χ3n) is 6.08. The van der Waals surface area contributed by atoms with Gasteiger partial charge in [0, 0.05) is 31.9 Å². The first-order valence-electron chi connectivity index (χ1n) is 9.97. The molecule has 5 rings (SSSR count). The van der Waals surface area contributed by atoms with Crippen LogP contribution in [0, 0.1) is 0 Å². The molecule has 28 heavy (non-hydrogen) atoms. The molecule has 0 saturated carbocycles. The van der Waals surface area contributed by atoms with Gasteiger partial charge in [0.15, 0.2) is 11.5 Å². The number of piperidine rings is 1. The number of carbonyl (C=O) groups is 1. The summed E-state index contributed by atoms with van der Waals surface area (Å²) in [6.07, 6.45) is 1.94. The number of ether oxygens (including phenoxy) is 2. The fraction of sp³-hybridized carbons (Fsp3) is 0.409. The predicted molar refractivity (Wildman–Crippen MR) is 107 cm³/mol. The van der Waals surface area contributed by atoms with Gasteiger partial charge in [0.05, 0.1) is 5.54 Å². The number of urea groups is 1. The molecule has 0 aliphatic carbocycles. The molecule has 2 fully saturated rings. The molecule has 3 aliphatic rings. The van der Waals surface area contributed by atoms with Crippen molar-refractivity contribution in [3.8, 4) is 11.5 Å². The Morgan fingerprint density at radius 2 is 1.71 bits per heavy atom. The van der Waals surface area contributed by atoms with Crippen molar-refractivity contribution in [2.45, 2.75) is 24.5 Å². The molecule has 1 unspecified atom stereocenters. The molecule has 2 aromatic rings. The van der Waals surface area contributed by atoms with E-state index in [9.17, 15) is 4.79 Å². The minimum atomic E-state index is -0.133. The molecule has 3 aliphatic heterocycles. The smallest absolute Gasteiger partial charge is 0.322 e. The summed E-state index contributed by atoms with van der Waals surface area (Å²) in [5.41, 5.74) is 0.845. The maximum atomic E-state index is 12.5. The summed E-state index contributed by atoms with van der Waals surface area (Å²) in [6, 6.07) is 17.8. The number of nitrogens with zero attached hydrogens (tertiary/aromatic N) is 2. The zero-order chi connectivity index (χ0) is 19.0. The summed E-state index contributed by atoms with van der Waals surface area (Å²) < 4.78 is 12.0. The Hall–Kier alpha value is -2.73. The molecule has 2 amide bonds. The average molecular weight is 379 g/mol. The molecule has 0 bridgehead atoms. The normalized spacial score (nSPS) is 23.6. The van der Waals surface area contributed by atoms with Crippen molar-refractivity contribution in [3.63, 3.8) is 0 Å². The van der Waals surface area contributed by atoms with Crippen molar-refractivity contribution in [1.29, 1.82) is 0 Å². The molecule has 6 nitrogen and oxygen atoms in total. The zero-order valence-electron chi connectivity index (χ0n) is 15.8. The van der Waals surface area contributed by atoms with Crippen molar-refractivity contribution >= 4 is 11.7 Å². The van der Waals surface area contributed by atoms with Crippen molar-refractivity contribution in [2.75, 3.05) is 37.7 Å². The SMILES string of the molecule is O=C1NCC2(CCN(CC3COc4ccccc4O3)CC2)N1c1ccccc1. The van der Waals surface area contributed by atoms with Crippen LogP contribution in [0.5, 0.6) is 11.5 Å². The van der Waals surface area contributed by atoms with Crippen LogP contribution < -0.4 is 19.7 Å². The second-order valence-corrected chi connectivity index (χ2v) is 7.85. The minimum absolute atomic E-state index is 0.0141. The predicted octanol–water partition coefficient (Wildman–Crippen LogP) is 2.89. The molecule has 1 spiro atoms. The maximum Gasteiger partial charge on any atom is 0.322 e. The summed E-state index contributed by atoms with van der Waals surface area (Å²) in [6.45, 7) is 4.02. The third kappa shape index (κ3) is 3.07. The number of anilines is 1. The van der Waals surface area contributed by atoms with Crippen molar-refractivity contribution in [1.82, 2.24) is 10.2 Å². The van der Waals surface area contributed by atoms with E-state index in [1.165, 1.54) is 0 Å². The Kier molecular flexibility index (Phi) is 4.36. The first kappa shape index (κ1) is 17.4. The number of hydrogen-bond acceptors (Lipinski definition) is 4. The van der Waals surface area contributed by atoms with Gasteiger partial charge in [-0.2, -0.15) is 0 Å². The number of hydrogen-bond donors (Lipinski definition) is 1. The topological polar surface area (TPSA) is 54.0 Å². The number of amides is 2. The van der Waals surface area contributed by atoms with E-state index < -0.39 is 0 Å². The van der Waals surface area contributed by atoms with Gasteiger partial charge in [-0.3, -0.25) is 9.80 Å². The Morgan fingerprint density at radius 1 is 1.00 bits per heavy atom. The molecule has 1 atom stereocenters. The average Bonchev–Trinajstić information content (AvgIpc) is 3.06. The van der Waals surface area contributed by atoms with E-state index in [2.05, 4.69) is 10.2 Å². The first-order valence-corrected chi connectivity index (χ1v) is 9.97. The van der Waals surface area contributed by atoms with Gasteiger partial charge in [-0.25, -0.2) is 4.79 Å². The Balaban J connectivity index is 1.23. The lowest BCUT2D eigenvalue weighted by molar-refractivity contribution is 0.0461. The molecule has 3 heterocycles. The lowest BCUT2D eigenvalue weighted by atomic mass is 9.86. The Morgan fingerprint density at radius 3 is 2.50 bits per heavy atom. The van der Waals surface area contributed by atoms with Gasteiger partial charge in [-0.05, 0) is 37.1 Å². The summed E-state index contributed by atoms with van der Waals surface area (Å²) >= 11 is 0. The lowest BCUT2D eigenvalue weighted by Gasteiger charge is -2.44. The number of benzene rings is 2. The first-order chi connectivity index (χ1) is 13.7. The van der Waals surface area contributed by atoms with Gasteiger partial charge in [-0.15, -0.1) is 0 Å². The molecule has 146 valence electrons. The van der Waals surface area contributed by atoms with Gasteiger partial charge in [0.2, 0.25) is 0 Å². The molecule has 0 radical (unpaired) electrons. The molecule has 6 heteroatoms. The fourth-order valence-corrected chi connectivity index (χ4v) is 4.58. The van der Waals surface area contributed by atoms with Crippen LogP contribution in [0.15, 0.2) is 54.6 Å². The molecular formula is C22H25N3O3. The fourth-order valence-electron chi connectivity index (χ4n) is 4.58. The number of para-hydroxylation sites is 3. The van der Waals surface area contributed by atoms with Gasteiger partial charge in [0.25, 0.3) is 0 Å². The highest BCUT2D eigenvalue weighted by atomic mass is 16.6. The lowest BCUT2D eigenvalue weighted by Crippen LogP contribution is -2.56. The van der Waals surface area contributed by atoms with E-state index in [0.29, 0.717) is 13.2 Å². The number of carbonyl (C=O) groups excluding carboxylic acids is 1. The second-order valence-electron chi connectivity index (χ2n) is 7.85. The molecule has 2 aromatic carbocycles. The van der Waals surface area contributed by atoms with Gasteiger partial charge in [-0.1, -0.05) is 30.3 Å². The number of rotatable bonds is 3. The maximum absolute atomic E-state index is 12.5. The molecular weight excluding hydrogens is 354 g/mol. The van der Waals surface area contributed by atoms with E-state index in [1.807, 2.05) is 59.5 Å². The van der Waals surface area contributed by atoms with Gasteiger partial charge < -0.3 is 14.8 Å². The monoisotopic (exact) mass is 379 g/mol. The summed E-state index contributed by atoms with van der Waals surface area (Å²) in [5.74, 6) is 1.65. The quantitative estimate of drug-likeness (QED) is 0.891. The molecule has 2 saturated heterocycles. The van der Waals surface area contributed by atoms with Gasteiger partial charge >= 0.3 is 6.03 Å². The third-order valence-corrected chi connectivity index (χ3v) is 6.08. The summed E-state index contributed by atoms with van der Waals surface area (Å²) in [4.78, 5) is 16.9. The van der Waals surface area contributed by atoms with Crippen molar-refractivity contribution in [2.24, 2.45) is 0 Å². The molecule has 0 aromatic heterocycles. The highest BCUT2D eigenvalue weighted by Gasteiger charge is 2.48. The second kappa shape index (κ2) is 7.02. The van der Waals surface area contributed by atoms with E-state index in [0.717, 1.165) is 49.7 Å². The highest BCUT2D eigenvalue weighted by Crippen LogP contribution is 2.37. The van der Waals surface area contributed by atoms with E-state index in [1.54, 1.807) is 0 Å². The van der Waals surface area contributed by atoms with Crippen LogP contribution in [-0.4, -0.2) is 55.4 Å².